The molecule has 0 unspecified atom stereocenters. The van der Waals surface area contributed by atoms with Gasteiger partial charge in [0.05, 0.1) is 0 Å². The molecule has 0 heterocycles. The number of nitrogens with one attached hydrogen (secondary N) is 1. The number of hydrogen-bond acceptors (Lipinski definition) is 2. The maximum atomic E-state index is 3.74. The van der Waals surface area contributed by atoms with Crippen molar-refractivity contribution >= 4 is 11.8 Å². The Hall–Kier alpha value is 0.310. The van der Waals surface area contributed by atoms with Crippen molar-refractivity contribution in [1.29, 1.82) is 0 Å². The van der Waals surface area contributed by atoms with Gasteiger partial charge in [-0.2, -0.15) is 11.8 Å². The molecular weight excluding hydrogens is 202 g/mol. The van der Waals surface area contributed by atoms with E-state index in [1.165, 1.54) is 64.5 Å². The van der Waals surface area contributed by atoms with Gasteiger partial charge in [-0.25, -0.2) is 0 Å². The molecule has 2 aliphatic rings. The van der Waals surface area contributed by atoms with Crippen molar-refractivity contribution in [2.75, 3.05) is 19.3 Å². The molecule has 0 aliphatic heterocycles. The predicted octanol–water partition coefficient (Wildman–Crippen LogP) is 3.44. The molecule has 0 aromatic rings. The summed E-state index contributed by atoms with van der Waals surface area (Å²) in [4.78, 5) is 0. The van der Waals surface area contributed by atoms with E-state index in [4.69, 9.17) is 0 Å². The fourth-order valence-electron chi connectivity index (χ4n) is 3.19. The van der Waals surface area contributed by atoms with Crippen LogP contribution in [0.4, 0.5) is 0 Å². The van der Waals surface area contributed by atoms with E-state index in [2.05, 4.69) is 23.3 Å². The van der Waals surface area contributed by atoms with Gasteiger partial charge in [-0.3, -0.25) is 0 Å². The Morgan fingerprint density at radius 2 is 1.80 bits per heavy atom. The Balaban J connectivity index is 1.67. The molecule has 2 rings (SSSR count). The lowest BCUT2D eigenvalue weighted by atomic mass is 10.1. The number of hydrogen-bond donors (Lipinski definition) is 1. The summed E-state index contributed by atoms with van der Waals surface area (Å²) in [6, 6.07) is 0. The van der Waals surface area contributed by atoms with E-state index < -0.39 is 0 Å². The second-order valence-electron chi connectivity index (χ2n) is 5.38. The van der Waals surface area contributed by atoms with Crippen molar-refractivity contribution in [2.24, 2.45) is 5.92 Å². The lowest BCUT2D eigenvalue weighted by Gasteiger charge is -2.27. The molecule has 15 heavy (non-hydrogen) atoms. The van der Waals surface area contributed by atoms with E-state index in [1.54, 1.807) is 0 Å². The molecule has 0 bridgehead atoms. The molecule has 1 nitrogen and oxygen atoms in total. The highest BCUT2D eigenvalue weighted by molar-refractivity contribution is 8.00. The van der Waals surface area contributed by atoms with Crippen LogP contribution in [-0.2, 0) is 0 Å². The smallest absolute Gasteiger partial charge is 0.0281 e. The normalized spacial score (nSPS) is 26.2. The summed E-state index contributed by atoms with van der Waals surface area (Å²) in [6.45, 7) is 2.53. The molecule has 0 aromatic heterocycles. The maximum absolute atomic E-state index is 3.74. The van der Waals surface area contributed by atoms with Crippen LogP contribution in [0.3, 0.4) is 0 Å². The average molecular weight is 227 g/mol. The van der Waals surface area contributed by atoms with Crippen molar-refractivity contribution in [3.8, 4) is 0 Å². The third kappa shape index (κ3) is 3.13. The summed E-state index contributed by atoms with van der Waals surface area (Å²) in [5.41, 5.74) is 0. The van der Waals surface area contributed by atoms with E-state index in [0.717, 1.165) is 5.92 Å². The quantitative estimate of drug-likeness (QED) is 0.772. The average Bonchev–Trinajstić information content (AvgIpc) is 2.89. The first-order chi connectivity index (χ1) is 7.35. The van der Waals surface area contributed by atoms with E-state index in [-0.39, 0.29) is 0 Å². The van der Waals surface area contributed by atoms with Crippen LogP contribution in [0.2, 0.25) is 0 Å². The summed E-state index contributed by atoms with van der Waals surface area (Å²) in [6.07, 6.45) is 14.0. The van der Waals surface area contributed by atoms with Crippen LogP contribution < -0.4 is 5.32 Å². The molecule has 1 N–H and O–H groups in total. The maximum Gasteiger partial charge on any atom is 0.0281 e. The molecular formula is C13H25NS. The van der Waals surface area contributed by atoms with Crippen molar-refractivity contribution in [3.05, 3.63) is 0 Å². The van der Waals surface area contributed by atoms with Gasteiger partial charge in [0.1, 0.15) is 0 Å². The summed E-state index contributed by atoms with van der Waals surface area (Å²) in [7, 11) is 0. The van der Waals surface area contributed by atoms with Gasteiger partial charge in [0.15, 0.2) is 0 Å². The van der Waals surface area contributed by atoms with Crippen LogP contribution in [0.15, 0.2) is 0 Å². The zero-order valence-corrected chi connectivity index (χ0v) is 10.9. The van der Waals surface area contributed by atoms with Gasteiger partial charge in [-0.05, 0) is 44.4 Å². The second kappa shape index (κ2) is 5.58. The largest absolute Gasteiger partial charge is 0.315 e. The van der Waals surface area contributed by atoms with Crippen LogP contribution >= 0.6 is 11.8 Å². The molecule has 2 fully saturated rings. The van der Waals surface area contributed by atoms with Gasteiger partial charge in [0.25, 0.3) is 0 Å². The highest BCUT2D eigenvalue weighted by atomic mass is 32.2. The zero-order chi connectivity index (χ0) is 10.6. The molecule has 2 heteroatoms. The second-order valence-corrected chi connectivity index (χ2v) is 6.65. The topological polar surface area (TPSA) is 12.0 Å². The van der Waals surface area contributed by atoms with Crippen molar-refractivity contribution in [3.63, 3.8) is 0 Å². The van der Waals surface area contributed by atoms with Crippen molar-refractivity contribution in [1.82, 2.24) is 5.32 Å². The van der Waals surface area contributed by atoms with E-state index in [1.807, 2.05) is 0 Å². The standard InChI is InChI=1S/C13H25NS/c1-15-13(8-4-5-9-13)11-14-10-12-6-2-3-7-12/h12,14H,2-11H2,1H3. The molecule has 2 saturated carbocycles. The van der Waals surface area contributed by atoms with E-state index >= 15 is 0 Å². The number of thioether (sulfide) groups is 1. The highest BCUT2D eigenvalue weighted by Gasteiger charge is 2.32. The summed E-state index contributed by atoms with van der Waals surface area (Å²) >= 11 is 2.10. The van der Waals surface area contributed by atoms with Gasteiger partial charge in [0, 0.05) is 11.3 Å². The van der Waals surface area contributed by atoms with Crippen molar-refractivity contribution in [2.45, 2.75) is 56.1 Å². The monoisotopic (exact) mass is 227 g/mol. The summed E-state index contributed by atoms with van der Waals surface area (Å²) in [5.74, 6) is 0.991. The van der Waals surface area contributed by atoms with Gasteiger partial charge < -0.3 is 5.32 Å². The SMILES string of the molecule is CSC1(CNCC2CCCC2)CCCC1. The van der Waals surface area contributed by atoms with Crippen LogP contribution in [0.25, 0.3) is 0 Å². The minimum Gasteiger partial charge on any atom is -0.315 e. The van der Waals surface area contributed by atoms with Gasteiger partial charge in [-0.15, -0.1) is 0 Å². The minimum absolute atomic E-state index is 0.596. The lowest BCUT2D eigenvalue weighted by Crippen LogP contribution is -2.37. The molecule has 0 atom stereocenters. The van der Waals surface area contributed by atoms with Crippen LogP contribution in [-0.4, -0.2) is 24.1 Å². The lowest BCUT2D eigenvalue weighted by molar-refractivity contribution is 0.455. The third-order valence-corrected chi connectivity index (χ3v) is 5.72. The first kappa shape index (κ1) is 11.8. The zero-order valence-electron chi connectivity index (χ0n) is 10.1. The Kier molecular flexibility index (Phi) is 4.39. The summed E-state index contributed by atoms with van der Waals surface area (Å²) in [5, 5.41) is 3.74. The first-order valence-electron chi connectivity index (χ1n) is 6.60. The molecule has 0 radical (unpaired) electrons. The third-order valence-electron chi connectivity index (χ3n) is 4.30. The summed E-state index contributed by atoms with van der Waals surface area (Å²) < 4.78 is 0.596. The molecule has 0 saturated heterocycles. The Bertz CT molecular complexity index is 181. The minimum atomic E-state index is 0.596. The Morgan fingerprint density at radius 1 is 1.13 bits per heavy atom. The molecule has 0 amide bonds. The van der Waals surface area contributed by atoms with Crippen LogP contribution in [0.5, 0.6) is 0 Å². The number of rotatable bonds is 5. The van der Waals surface area contributed by atoms with Crippen LogP contribution in [0.1, 0.15) is 51.4 Å². The van der Waals surface area contributed by atoms with Crippen molar-refractivity contribution < 1.29 is 0 Å². The fraction of sp³-hybridized carbons (Fsp3) is 1.00. The highest BCUT2D eigenvalue weighted by Crippen LogP contribution is 2.39. The molecule has 0 aromatic carbocycles. The molecule has 0 spiro atoms. The molecule has 88 valence electrons. The molecule has 2 aliphatic carbocycles. The Morgan fingerprint density at radius 3 is 2.40 bits per heavy atom. The first-order valence-corrected chi connectivity index (χ1v) is 7.83. The van der Waals surface area contributed by atoms with Crippen LogP contribution in [0, 0.1) is 5.92 Å². The van der Waals surface area contributed by atoms with E-state index in [0.29, 0.717) is 4.75 Å². The predicted molar refractivity (Wildman–Crippen MR) is 69.5 cm³/mol. The van der Waals surface area contributed by atoms with E-state index in [9.17, 15) is 0 Å². The van der Waals surface area contributed by atoms with Gasteiger partial charge in [0.2, 0.25) is 0 Å². The van der Waals surface area contributed by atoms with Gasteiger partial charge >= 0.3 is 0 Å². The van der Waals surface area contributed by atoms with Gasteiger partial charge in [-0.1, -0.05) is 25.7 Å². The Labute approximate surface area is 98.8 Å². The fourth-order valence-corrected chi connectivity index (χ4v) is 4.13.